The molecule has 0 atom stereocenters. The molecule has 0 saturated carbocycles. The van der Waals surface area contributed by atoms with Gasteiger partial charge in [0.15, 0.2) is 0 Å². The highest BCUT2D eigenvalue weighted by atomic mass is 35.5. The molecule has 7 heteroatoms. The number of benzene rings is 1. The highest BCUT2D eigenvalue weighted by Crippen LogP contribution is 2.25. The number of hydrogen-bond donors (Lipinski definition) is 2. The number of pyridine rings is 1. The molecule has 0 unspecified atom stereocenters. The minimum Gasteiger partial charge on any atom is -0.373 e. The molecule has 1 aromatic heterocycles. The Morgan fingerprint density at radius 3 is 2.55 bits per heavy atom. The summed E-state index contributed by atoms with van der Waals surface area (Å²) in [6.45, 7) is 1.75. The minimum atomic E-state index is -3.68. The minimum absolute atomic E-state index is 0.0934. The van der Waals surface area contributed by atoms with Crippen LogP contribution in [0.25, 0.3) is 0 Å². The van der Waals surface area contributed by atoms with Gasteiger partial charge in [-0.2, -0.15) is 0 Å². The van der Waals surface area contributed by atoms with Crippen LogP contribution in [0.5, 0.6) is 0 Å². The molecule has 106 valence electrons. The van der Waals surface area contributed by atoms with Crippen molar-refractivity contribution < 1.29 is 8.42 Å². The van der Waals surface area contributed by atoms with E-state index >= 15 is 0 Å². The molecule has 0 radical (unpaired) electrons. The van der Waals surface area contributed by atoms with Crippen molar-refractivity contribution in [3.63, 3.8) is 0 Å². The zero-order valence-electron chi connectivity index (χ0n) is 11.0. The Hall–Kier alpha value is -1.79. The maximum absolute atomic E-state index is 12.3. The quantitative estimate of drug-likeness (QED) is 0.911. The molecule has 0 amide bonds. The average molecular weight is 312 g/mol. The molecule has 0 saturated heterocycles. The number of nitrogens with one attached hydrogen (secondary N) is 2. The highest BCUT2D eigenvalue weighted by molar-refractivity contribution is 7.92. The molecule has 0 aliphatic carbocycles. The second-order valence-corrected chi connectivity index (χ2v) is 6.24. The second-order valence-electron chi connectivity index (χ2n) is 4.15. The van der Waals surface area contributed by atoms with E-state index in [9.17, 15) is 8.42 Å². The Kier molecular flexibility index (Phi) is 4.15. The van der Waals surface area contributed by atoms with Gasteiger partial charge in [-0.3, -0.25) is 4.72 Å². The highest BCUT2D eigenvalue weighted by Gasteiger charge is 2.16. The molecule has 20 heavy (non-hydrogen) atoms. The fraction of sp³-hybridized carbons (Fsp3) is 0.154. The largest absolute Gasteiger partial charge is 0.373 e. The second kappa shape index (κ2) is 5.68. The molecule has 0 bridgehead atoms. The molecule has 1 aromatic carbocycles. The Morgan fingerprint density at radius 1 is 1.20 bits per heavy atom. The molecular formula is C13H14ClN3O2S. The van der Waals surface area contributed by atoms with E-state index in [2.05, 4.69) is 15.0 Å². The van der Waals surface area contributed by atoms with Gasteiger partial charge in [-0.1, -0.05) is 17.7 Å². The summed E-state index contributed by atoms with van der Waals surface area (Å²) >= 11 is 5.97. The van der Waals surface area contributed by atoms with Crippen molar-refractivity contribution in [2.24, 2.45) is 0 Å². The molecular weight excluding hydrogens is 298 g/mol. The number of halogens is 1. The van der Waals surface area contributed by atoms with E-state index in [-0.39, 0.29) is 4.90 Å². The Bertz CT molecular complexity index is 715. The Labute approximate surface area is 123 Å². The summed E-state index contributed by atoms with van der Waals surface area (Å²) in [4.78, 5) is 4.08. The summed E-state index contributed by atoms with van der Waals surface area (Å²) < 4.78 is 27.0. The van der Waals surface area contributed by atoms with Crippen molar-refractivity contribution in [3.8, 4) is 0 Å². The number of sulfonamides is 1. The zero-order valence-corrected chi connectivity index (χ0v) is 12.6. The lowest BCUT2D eigenvalue weighted by Gasteiger charge is -2.11. The number of anilines is 2. The van der Waals surface area contributed by atoms with Gasteiger partial charge in [0.05, 0.1) is 5.69 Å². The van der Waals surface area contributed by atoms with Crippen LogP contribution in [0, 0.1) is 6.92 Å². The third-order valence-corrected chi connectivity index (χ3v) is 4.57. The summed E-state index contributed by atoms with van der Waals surface area (Å²) in [5.74, 6) is 0.600. The van der Waals surface area contributed by atoms with Crippen LogP contribution in [-0.4, -0.2) is 20.4 Å². The fourth-order valence-electron chi connectivity index (χ4n) is 1.61. The Balaban J connectivity index is 2.33. The van der Waals surface area contributed by atoms with E-state index in [4.69, 9.17) is 11.6 Å². The van der Waals surface area contributed by atoms with E-state index in [0.717, 1.165) is 0 Å². The normalized spacial score (nSPS) is 11.2. The van der Waals surface area contributed by atoms with E-state index in [1.54, 1.807) is 38.2 Å². The lowest BCUT2D eigenvalue weighted by Crippen LogP contribution is -2.14. The molecule has 2 rings (SSSR count). The molecule has 0 fully saturated rings. The van der Waals surface area contributed by atoms with Crippen LogP contribution >= 0.6 is 11.6 Å². The van der Waals surface area contributed by atoms with Crippen LogP contribution in [0.15, 0.2) is 41.4 Å². The molecule has 2 N–H and O–H groups in total. The van der Waals surface area contributed by atoms with E-state index in [0.29, 0.717) is 22.1 Å². The van der Waals surface area contributed by atoms with Crippen molar-refractivity contribution in [1.82, 2.24) is 4.98 Å². The first-order valence-corrected chi connectivity index (χ1v) is 7.72. The number of aromatic nitrogens is 1. The smallest absolute Gasteiger partial charge is 0.263 e. The van der Waals surface area contributed by atoms with Gasteiger partial charge in [-0.05, 0) is 36.8 Å². The molecule has 2 aromatic rings. The third-order valence-electron chi connectivity index (χ3n) is 2.81. The first-order valence-electron chi connectivity index (χ1n) is 5.86. The first-order chi connectivity index (χ1) is 9.44. The maximum Gasteiger partial charge on any atom is 0.263 e. The van der Waals surface area contributed by atoms with Gasteiger partial charge in [-0.15, -0.1) is 0 Å². The van der Waals surface area contributed by atoms with Crippen molar-refractivity contribution in [3.05, 3.63) is 47.1 Å². The van der Waals surface area contributed by atoms with Gasteiger partial charge < -0.3 is 5.32 Å². The van der Waals surface area contributed by atoms with Gasteiger partial charge in [0.1, 0.15) is 10.7 Å². The summed E-state index contributed by atoms with van der Waals surface area (Å²) in [5.41, 5.74) is 1.13. The number of nitrogens with zero attached hydrogens (tertiary/aromatic N) is 1. The van der Waals surface area contributed by atoms with Crippen molar-refractivity contribution >= 4 is 33.1 Å². The zero-order chi connectivity index (χ0) is 14.8. The van der Waals surface area contributed by atoms with Gasteiger partial charge in [0.2, 0.25) is 0 Å². The summed E-state index contributed by atoms with van der Waals surface area (Å²) in [6.07, 6.45) is 1.30. The van der Waals surface area contributed by atoms with E-state index in [1.165, 1.54) is 12.3 Å². The Morgan fingerprint density at radius 2 is 1.95 bits per heavy atom. The summed E-state index contributed by atoms with van der Waals surface area (Å²) in [6, 6.07) is 8.14. The van der Waals surface area contributed by atoms with Crippen LogP contribution in [0.2, 0.25) is 5.02 Å². The lowest BCUT2D eigenvalue weighted by atomic mass is 10.2. The first kappa shape index (κ1) is 14.6. The summed E-state index contributed by atoms with van der Waals surface area (Å²) in [7, 11) is -1.96. The van der Waals surface area contributed by atoms with Gasteiger partial charge >= 0.3 is 0 Å². The summed E-state index contributed by atoms with van der Waals surface area (Å²) in [5, 5.41) is 3.34. The standard InChI is InChI=1S/C13H14ClN3O2S/c1-9-11(14)4-3-5-12(9)17-20(18,19)10-6-7-13(15-2)16-8-10/h3-8,17H,1-2H3,(H,15,16). The molecule has 5 nitrogen and oxygen atoms in total. The van der Waals surface area contributed by atoms with Crippen LogP contribution in [0.4, 0.5) is 11.5 Å². The lowest BCUT2D eigenvalue weighted by molar-refractivity contribution is 0.601. The van der Waals surface area contributed by atoms with E-state index < -0.39 is 10.0 Å². The van der Waals surface area contributed by atoms with Crippen LogP contribution in [-0.2, 0) is 10.0 Å². The predicted octanol–water partition coefficient (Wildman–Crippen LogP) is 2.89. The molecule has 0 aliphatic rings. The van der Waals surface area contributed by atoms with Crippen LogP contribution in [0.3, 0.4) is 0 Å². The average Bonchev–Trinajstić information content (AvgIpc) is 2.44. The van der Waals surface area contributed by atoms with Gasteiger partial charge in [0.25, 0.3) is 10.0 Å². The number of rotatable bonds is 4. The molecule has 0 aliphatic heterocycles. The maximum atomic E-state index is 12.3. The third kappa shape index (κ3) is 3.02. The molecule has 0 spiro atoms. The van der Waals surface area contributed by atoms with Crippen molar-refractivity contribution in [2.75, 3.05) is 17.1 Å². The van der Waals surface area contributed by atoms with Crippen molar-refractivity contribution in [2.45, 2.75) is 11.8 Å². The SMILES string of the molecule is CNc1ccc(S(=O)(=O)Nc2cccc(Cl)c2C)cn1. The number of hydrogen-bond acceptors (Lipinski definition) is 4. The van der Waals surface area contributed by atoms with Gasteiger partial charge in [0, 0.05) is 18.3 Å². The monoisotopic (exact) mass is 311 g/mol. The molecule has 1 heterocycles. The topological polar surface area (TPSA) is 71.1 Å². The van der Waals surface area contributed by atoms with Gasteiger partial charge in [-0.25, -0.2) is 13.4 Å². The predicted molar refractivity (Wildman–Crippen MR) is 80.8 cm³/mol. The van der Waals surface area contributed by atoms with Crippen LogP contribution < -0.4 is 10.0 Å². The fourth-order valence-corrected chi connectivity index (χ4v) is 2.85. The van der Waals surface area contributed by atoms with Crippen molar-refractivity contribution in [1.29, 1.82) is 0 Å². The van der Waals surface area contributed by atoms with E-state index in [1.807, 2.05) is 0 Å². The van der Waals surface area contributed by atoms with Crippen LogP contribution in [0.1, 0.15) is 5.56 Å².